The molecule has 9 nitrogen and oxygen atoms in total. The lowest BCUT2D eigenvalue weighted by Gasteiger charge is -2.18. The third kappa shape index (κ3) is 4.15. The number of nitro benzene ring substituents is 1. The molecule has 0 saturated carbocycles. The van der Waals surface area contributed by atoms with Crippen LogP contribution < -0.4 is 15.5 Å². The molecular weight excluding hydrogens is 419 g/mol. The SMILES string of the molecule is Cc1occc1C(=O)Nc1cc(NC2CCN(c3cccc([N+](=O)[O-])c3)C2=O)ccc1F. The van der Waals surface area contributed by atoms with Crippen LogP contribution in [-0.2, 0) is 4.79 Å². The highest BCUT2D eigenvalue weighted by atomic mass is 19.1. The van der Waals surface area contributed by atoms with Crippen LogP contribution in [0.5, 0.6) is 0 Å². The molecule has 2 amide bonds. The predicted octanol–water partition coefficient (Wildman–Crippen LogP) is 4.11. The Morgan fingerprint density at radius 1 is 1.25 bits per heavy atom. The van der Waals surface area contributed by atoms with E-state index in [4.69, 9.17) is 4.42 Å². The molecule has 1 fully saturated rings. The molecule has 1 unspecified atom stereocenters. The summed E-state index contributed by atoms with van der Waals surface area (Å²) in [5, 5.41) is 16.6. The highest BCUT2D eigenvalue weighted by molar-refractivity contribution is 6.05. The molecule has 0 spiro atoms. The Morgan fingerprint density at radius 3 is 2.78 bits per heavy atom. The van der Waals surface area contributed by atoms with Gasteiger partial charge in [0, 0.05) is 24.4 Å². The molecule has 0 bridgehead atoms. The predicted molar refractivity (Wildman–Crippen MR) is 115 cm³/mol. The van der Waals surface area contributed by atoms with E-state index < -0.39 is 22.7 Å². The van der Waals surface area contributed by atoms with Crippen molar-refractivity contribution in [2.24, 2.45) is 0 Å². The summed E-state index contributed by atoms with van der Waals surface area (Å²) in [6, 6.07) is 10.8. The number of halogens is 1. The van der Waals surface area contributed by atoms with Gasteiger partial charge < -0.3 is 20.0 Å². The molecule has 2 aromatic carbocycles. The molecule has 0 aliphatic carbocycles. The van der Waals surface area contributed by atoms with Crippen molar-refractivity contribution in [3.05, 3.63) is 82.0 Å². The van der Waals surface area contributed by atoms with Crippen molar-refractivity contribution in [3.8, 4) is 0 Å². The van der Waals surface area contributed by atoms with Crippen molar-refractivity contribution >= 4 is 34.6 Å². The summed E-state index contributed by atoms with van der Waals surface area (Å²) in [5.41, 5.74) is 1.04. The van der Waals surface area contributed by atoms with Gasteiger partial charge in [-0.25, -0.2) is 4.39 Å². The summed E-state index contributed by atoms with van der Waals surface area (Å²) in [6.07, 6.45) is 1.83. The van der Waals surface area contributed by atoms with Crippen molar-refractivity contribution in [3.63, 3.8) is 0 Å². The number of aryl methyl sites for hydroxylation is 1. The Balaban J connectivity index is 1.48. The molecule has 1 aliphatic heterocycles. The molecule has 3 aromatic rings. The summed E-state index contributed by atoms with van der Waals surface area (Å²) in [5.74, 6) is -0.980. The largest absolute Gasteiger partial charge is 0.469 e. The number of amides is 2. The number of carbonyl (C=O) groups excluding carboxylic acids is 2. The maximum atomic E-state index is 14.3. The maximum absolute atomic E-state index is 14.3. The molecule has 1 aliphatic rings. The first-order chi connectivity index (χ1) is 15.3. The first-order valence-electron chi connectivity index (χ1n) is 9.81. The van der Waals surface area contributed by atoms with Crippen LogP contribution in [-0.4, -0.2) is 29.3 Å². The van der Waals surface area contributed by atoms with E-state index in [2.05, 4.69) is 10.6 Å². The van der Waals surface area contributed by atoms with E-state index in [0.29, 0.717) is 35.7 Å². The minimum atomic E-state index is -0.624. The van der Waals surface area contributed by atoms with E-state index in [9.17, 15) is 24.1 Å². The topological polar surface area (TPSA) is 118 Å². The zero-order valence-corrected chi connectivity index (χ0v) is 17.0. The van der Waals surface area contributed by atoms with E-state index in [1.165, 1.54) is 53.6 Å². The number of nitrogens with one attached hydrogen (secondary N) is 2. The van der Waals surface area contributed by atoms with Gasteiger partial charge in [-0.3, -0.25) is 19.7 Å². The molecule has 164 valence electrons. The second-order valence-electron chi connectivity index (χ2n) is 7.29. The lowest BCUT2D eigenvalue weighted by Crippen LogP contribution is -2.33. The minimum Gasteiger partial charge on any atom is -0.469 e. The van der Waals surface area contributed by atoms with Crippen LogP contribution in [0.25, 0.3) is 0 Å². The number of furan rings is 1. The molecule has 4 rings (SSSR count). The first kappa shape index (κ1) is 21.0. The van der Waals surface area contributed by atoms with Crippen molar-refractivity contribution in [2.45, 2.75) is 19.4 Å². The van der Waals surface area contributed by atoms with Crippen molar-refractivity contribution in [1.82, 2.24) is 0 Å². The molecule has 2 heterocycles. The number of carbonyl (C=O) groups is 2. The highest BCUT2D eigenvalue weighted by Gasteiger charge is 2.33. The second-order valence-corrected chi connectivity index (χ2v) is 7.29. The van der Waals surface area contributed by atoms with Crippen LogP contribution >= 0.6 is 0 Å². The zero-order valence-electron chi connectivity index (χ0n) is 17.0. The van der Waals surface area contributed by atoms with Gasteiger partial charge >= 0.3 is 0 Å². The average Bonchev–Trinajstić information content (AvgIpc) is 3.36. The molecule has 10 heteroatoms. The summed E-state index contributed by atoms with van der Waals surface area (Å²) < 4.78 is 19.4. The molecule has 1 atom stereocenters. The van der Waals surface area contributed by atoms with E-state index in [1.807, 2.05) is 0 Å². The van der Waals surface area contributed by atoms with Gasteiger partial charge in [-0.15, -0.1) is 0 Å². The van der Waals surface area contributed by atoms with Crippen molar-refractivity contribution in [1.29, 1.82) is 0 Å². The Bertz CT molecular complexity index is 1210. The summed E-state index contributed by atoms with van der Waals surface area (Å²) in [6.45, 7) is 2.00. The lowest BCUT2D eigenvalue weighted by atomic mass is 10.2. The second kappa shape index (κ2) is 8.50. The number of rotatable bonds is 6. The monoisotopic (exact) mass is 438 g/mol. The first-order valence-corrected chi connectivity index (χ1v) is 9.81. The van der Waals surface area contributed by atoms with Gasteiger partial charge in [0.2, 0.25) is 5.91 Å². The molecule has 2 N–H and O–H groups in total. The normalized spacial score (nSPS) is 15.6. The number of nitrogens with zero attached hydrogens (tertiary/aromatic N) is 2. The highest BCUT2D eigenvalue weighted by Crippen LogP contribution is 2.28. The number of nitro groups is 1. The third-order valence-corrected chi connectivity index (χ3v) is 5.22. The molecule has 1 saturated heterocycles. The van der Waals surface area contributed by atoms with E-state index in [1.54, 1.807) is 13.0 Å². The quantitative estimate of drug-likeness (QED) is 0.442. The molecule has 32 heavy (non-hydrogen) atoms. The van der Waals surface area contributed by atoms with Crippen molar-refractivity contribution in [2.75, 3.05) is 22.1 Å². The van der Waals surface area contributed by atoms with Gasteiger partial charge in [0.15, 0.2) is 0 Å². The standard InChI is InChI=1S/C22H19FN4O5/c1-13-17(8-10-32-13)21(28)25-20-11-14(5-6-18(20)23)24-19-7-9-26(22(19)29)15-3-2-4-16(12-15)27(30)31/h2-6,8,10-12,19,24H,7,9H2,1H3,(H,25,28). The Labute approximate surface area is 182 Å². The number of non-ortho nitro benzene ring substituents is 1. The molecule has 1 aromatic heterocycles. The van der Waals surface area contributed by atoms with Gasteiger partial charge in [-0.2, -0.15) is 0 Å². The summed E-state index contributed by atoms with van der Waals surface area (Å²) in [7, 11) is 0. The Morgan fingerprint density at radius 2 is 2.06 bits per heavy atom. The Hall–Kier alpha value is -4.21. The van der Waals surface area contributed by atoms with Gasteiger partial charge in [0.05, 0.1) is 28.1 Å². The third-order valence-electron chi connectivity index (χ3n) is 5.22. The van der Waals surface area contributed by atoms with E-state index in [-0.39, 0.29) is 17.3 Å². The minimum absolute atomic E-state index is 0.0402. The number of hydrogen-bond donors (Lipinski definition) is 2. The smallest absolute Gasteiger partial charge is 0.271 e. The summed E-state index contributed by atoms with van der Waals surface area (Å²) >= 11 is 0. The van der Waals surface area contributed by atoms with Crippen LogP contribution in [0.4, 0.5) is 27.1 Å². The Kier molecular flexibility index (Phi) is 5.59. The van der Waals surface area contributed by atoms with Gasteiger partial charge in [-0.05, 0) is 43.7 Å². The van der Waals surface area contributed by atoms with Gasteiger partial charge in [-0.1, -0.05) is 6.07 Å². The fraction of sp³-hybridized carbons (Fsp3) is 0.182. The van der Waals surface area contributed by atoms with Crippen LogP contribution in [0.2, 0.25) is 0 Å². The fourth-order valence-electron chi connectivity index (χ4n) is 3.57. The number of hydrogen-bond acceptors (Lipinski definition) is 6. The number of benzene rings is 2. The summed E-state index contributed by atoms with van der Waals surface area (Å²) in [4.78, 5) is 37.2. The van der Waals surface area contributed by atoms with Crippen LogP contribution in [0.1, 0.15) is 22.5 Å². The number of anilines is 3. The van der Waals surface area contributed by atoms with Crippen LogP contribution in [0, 0.1) is 22.9 Å². The molecular formula is C22H19FN4O5. The maximum Gasteiger partial charge on any atom is 0.271 e. The zero-order chi connectivity index (χ0) is 22.8. The van der Waals surface area contributed by atoms with Gasteiger partial charge in [0.1, 0.15) is 17.6 Å². The van der Waals surface area contributed by atoms with Crippen LogP contribution in [0.3, 0.4) is 0 Å². The van der Waals surface area contributed by atoms with E-state index in [0.717, 1.165) is 0 Å². The van der Waals surface area contributed by atoms with E-state index >= 15 is 0 Å². The molecule has 0 radical (unpaired) electrons. The van der Waals surface area contributed by atoms with Gasteiger partial charge in [0.25, 0.3) is 11.6 Å². The van der Waals surface area contributed by atoms with Crippen molar-refractivity contribution < 1.29 is 23.3 Å². The average molecular weight is 438 g/mol. The fourth-order valence-corrected chi connectivity index (χ4v) is 3.57. The lowest BCUT2D eigenvalue weighted by molar-refractivity contribution is -0.384. The van der Waals surface area contributed by atoms with Crippen LogP contribution in [0.15, 0.2) is 59.2 Å².